The van der Waals surface area contributed by atoms with Crippen molar-refractivity contribution in [1.29, 1.82) is 0 Å². The molecule has 0 spiro atoms. The first-order valence-electron chi connectivity index (χ1n) is 7.55. The predicted octanol–water partition coefficient (Wildman–Crippen LogP) is 0.925. The summed E-state index contributed by atoms with van der Waals surface area (Å²) in [4.78, 5) is 4.21. The smallest absolute Gasteiger partial charge is 0.191 e. The number of nitrogens with one attached hydrogen (secondary N) is 2. The van der Waals surface area contributed by atoms with Gasteiger partial charge in [0.05, 0.1) is 12.7 Å². The van der Waals surface area contributed by atoms with Crippen molar-refractivity contribution in [2.45, 2.75) is 12.6 Å². The van der Waals surface area contributed by atoms with E-state index in [1.807, 2.05) is 43.7 Å². The van der Waals surface area contributed by atoms with Gasteiger partial charge in [0.25, 0.3) is 0 Å². The quantitative estimate of drug-likeness (QED) is 0.648. The Morgan fingerprint density at radius 2 is 2.17 bits per heavy atom. The lowest BCUT2D eigenvalue weighted by Crippen LogP contribution is -2.45. The SMILES string of the molecule is CN=C(NCc1cnn(C)c1)NCC1COc2ccccc2O1. The van der Waals surface area contributed by atoms with Gasteiger partial charge in [0, 0.05) is 32.4 Å². The molecule has 0 saturated heterocycles. The van der Waals surface area contributed by atoms with Gasteiger partial charge in [-0.3, -0.25) is 9.67 Å². The molecule has 122 valence electrons. The van der Waals surface area contributed by atoms with Crippen LogP contribution < -0.4 is 20.1 Å². The van der Waals surface area contributed by atoms with Gasteiger partial charge in [-0.05, 0) is 12.1 Å². The van der Waals surface area contributed by atoms with E-state index in [9.17, 15) is 0 Å². The van der Waals surface area contributed by atoms with Crippen molar-refractivity contribution in [2.75, 3.05) is 20.2 Å². The molecular formula is C16H21N5O2. The van der Waals surface area contributed by atoms with Crippen LogP contribution in [0.3, 0.4) is 0 Å². The Morgan fingerprint density at radius 3 is 2.91 bits per heavy atom. The molecule has 7 heteroatoms. The molecule has 1 atom stereocenters. The fraction of sp³-hybridized carbons (Fsp3) is 0.375. The van der Waals surface area contributed by atoms with Gasteiger partial charge in [0.2, 0.25) is 0 Å². The van der Waals surface area contributed by atoms with Gasteiger partial charge < -0.3 is 20.1 Å². The molecule has 0 fully saturated rings. The molecule has 2 aromatic rings. The van der Waals surface area contributed by atoms with Gasteiger partial charge >= 0.3 is 0 Å². The second-order valence-corrected chi connectivity index (χ2v) is 5.33. The van der Waals surface area contributed by atoms with Crippen LogP contribution in [-0.2, 0) is 13.6 Å². The van der Waals surface area contributed by atoms with Crippen LogP contribution in [0.1, 0.15) is 5.56 Å². The zero-order valence-corrected chi connectivity index (χ0v) is 13.3. The summed E-state index contributed by atoms with van der Waals surface area (Å²) in [6.45, 7) is 1.79. The number of aliphatic imine (C=N–C) groups is 1. The van der Waals surface area contributed by atoms with Gasteiger partial charge in [0.15, 0.2) is 17.5 Å². The number of ether oxygens (including phenoxy) is 2. The summed E-state index contributed by atoms with van der Waals surface area (Å²) >= 11 is 0. The Morgan fingerprint density at radius 1 is 1.35 bits per heavy atom. The maximum atomic E-state index is 5.91. The van der Waals surface area contributed by atoms with E-state index in [1.165, 1.54) is 0 Å². The average Bonchev–Trinajstić information content (AvgIpc) is 3.00. The number of hydrogen-bond acceptors (Lipinski definition) is 4. The number of fused-ring (bicyclic) bond motifs is 1. The number of aromatic nitrogens is 2. The summed E-state index contributed by atoms with van der Waals surface area (Å²) in [7, 11) is 3.64. The number of guanidine groups is 1. The zero-order chi connectivity index (χ0) is 16.1. The lowest BCUT2D eigenvalue weighted by Gasteiger charge is -2.27. The Balaban J connectivity index is 1.47. The van der Waals surface area contributed by atoms with Crippen LogP contribution in [0.5, 0.6) is 11.5 Å². The van der Waals surface area contributed by atoms with E-state index in [-0.39, 0.29) is 6.10 Å². The third kappa shape index (κ3) is 3.94. The molecule has 3 rings (SSSR count). The molecule has 2 heterocycles. The Bertz CT molecular complexity index is 683. The fourth-order valence-electron chi connectivity index (χ4n) is 2.34. The number of benzene rings is 1. The zero-order valence-electron chi connectivity index (χ0n) is 13.3. The van der Waals surface area contributed by atoms with E-state index < -0.39 is 0 Å². The van der Waals surface area contributed by atoms with Crippen molar-refractivity contribution in [3.63, 3.8) is 0 Å². The fourth-order valence-corrected chi connectivity index (χ4v) is 2.34. The first-order valence-corrected chi connectivity index (χ1v) is 7.55. The highest BCUT2D eigenvalue weighted by Crippen LogP contribution is 2.30. The topological polar surface area (TPSA) is 72.7 Å². The van der Waals surface area contributed by atoms with Gasteiger partial charge in [0.1, 0.15) is 12.7 Å². The van der Waals surface area contributed by atoms with Crippen molar-refractivity contribution in [1.82, 2.24) is 20.4 Å². The maximum Gasteiger partial charge on any atom is 0.191 e. The normalized spacial score (nSPS) is 17.0. The summed E-state index contributed by atoms with van der Waals surface area (Å²) in [5.41, 5.74) is 1.10. The second-order valence-electron chi connectivity index (χ2n) is 5.33. The highest BCUT2D eigenvalue weighted by atomic mass is 16.6. The molecule has 0 saturated carbocycles. The number of rotatable bonds is 4. The molecule has 0 aliphatic carbocycles. The van der Waals surface area contributed by atoms with Crippen molar-refractivity contribution in [3.8, 4) is 11.5 Å². The van der Waals surface area contributed by atoms with Crippen molar-refractivity contribution < 1.29 is 9.47 Å². The van der Waals surface area contributed by atoms with E-state index in [4.69, 9.17) is 9.47 Å². The van der Waals surface area contributed by atoms with Crippen LogP contribution in [0.4, 0.5) is 0 Å². The average molecular weight is 315 g/mol. The third-order valence-corrected chi connectivity index (χ3v) is 3.51. The molecule has 1 aromatic heterocycles. The largest absolute Gasteiger partial charge is 0.486 e. The second kappa shape index (κ2) is 7.04. The Labute approximate surface area is 135 Å². The standard InChI is InChI=1S/C16H21N5O2/c1-17-16(18-7-12-8-20-21(2)10-12)19-9-13-11-22-14-5-3-4-6-15(14)23-13/h3-6,8,10,13H,7,9,11H2,1-2H3,(H2,17,18,19). The third-order valence-electron chi connectivity index (χ3n) is 3.51. The minimum absolute atomic E-state index is 0.0539. The Hall–Kier alpha value is -2.70. The maximum absolute atomic E-state index is 5.91. The van der Waals surface area contributed by atoms with Crippen LogP contribution in [0.2, 0.25) is 0 Å². The van der Waals surface area contributed by atoms with Gasteiger partial charge in [-0.15, -0.1) is 0 Å². The molecular weight excluding hydrogens is 294 g/mol. The highest BCUT2D eigenvalue weighted by Gasteiger charge is 2.20. The molecule has 1 aliphatic heterocycles. The van der Waals surface area contributed by atoms with Gasteiger partial charge in [-0.25, -0.2) is 0 Å². The molecule has 2 N–H and O–H groups in total. The molecule has 1 unspecified atom stereocenters. The number of nitrogens with zero attached hydrogens (tertiary/aromatic N) is 3. The van der Waals surface area contributed by atoms with E-state index in [0.717, 1.165) is 23.0 Å². The first-order chi connectivity index (χ1) is 11.2. The van der Waals surface area contributed by atoms with Crippen LogP contribution >= 0.6 is 0 Å². The minimum atomic E-state index is -0.0539. The number of aryl methyl sites for hydroxylation is 1. The summed E-state index contributed by atoms with van der Waals surface area (Å²) in [6.07, 6.45) is 3.74. The van der Waals surface area contributed by atoms with Gasteiger partial charge in [-0.1, -0.05) is 12.1 Å². The molecule has 0 amide bonds. The first kappa shape index (κ1) is 15.2. The van der Waals surface area contributed by atoms with Crippen molar-refractivity contribution in [3.05, 3.63) is 42.2 Å². The molecule has 23 heavy (non-hydrogen) atoms. The number of hydrogen-bond donors (Lipinski definition) is 2. The minimum Gasteiger partial charge on any atom is -0.486 e. The summed E-state index contributed by atoms with van der Waals surface area (Å²) in [5.74, 6) is 2.29. The summed E-state index contributed by atoms with van der Waals surface area (Å²) < 4.78 is 13.4. The lowest BCUT2D eigenvalue weighted by molar-refractivity contribution is 0.0936. The van der Waals surface area contributed by atoms with Crippen molar-refractivity contribution in [2.24, 2.45) is 12.0 Å². The monoisotopic (exact) mass is 315 g/mol. The van der Waals surface area contributed by atoms with Crippen LogP contribution in [0.15, 0.2) is 41.7 Å². The lowest BCUT2D eigenvalue weighted by atomic mass is 10.2. The van der Waals surface area contributed by atoms with Crippen LogP contribution in [-0.4, -0.2) is 42.0 Å². The van der Waals surface area contributed by atoms with E-state index in [2.05, 4.69) is 20.7 Å². The van der Waals surface area contributed by atoms with E-state index >= 15 is 0 Å². The Kier molecular flexibility index (Phi) is 4.65. The molecule has 0 radical (unpaired) electrons. The molecule has 0 bridgehead atoms. The van der Waals surface area contributed by atoms with E-state index in [1.54, 1.807) is 11.7 Å². The molecule has 7 nitrogen and oxygen atoms in total. The van der Waals surface area contributed by atoms with Crippen LogP contribution in [0, 0.1) is 0 Å². The number of para-hydroxylation sites is 2. The summed E-state index contributed by atoms with van der Waals surface area (Å²) in [5, 5.41) is 10.6. The van der Waals surface area contributed by atoms with Crippen LogP contribution in [0.25, 0.3) is 0 Å². The summed E-state index contributed by atoms with van der Waals surface area (Å²) in [6, 6.07) is 7.70. The molecule has 1 aliphatic rings. The predicted molar refractivity (Wildman–Crippen MR) is 87.8 cm³/mol. The molecule has 1 aromatic carbocycles. The van der Waals surface area contributed by atoms with Gasteiger partial charge in [-0.2, -0.15) is 5.10 Å². The van der Waals surface area contributed by atoms with Crippen molar-refractivity contribution >= 4 is 5.96 Å². The van der Waals surface area contributed by atoms with E-state index in [0.29, 0.717) is 19.7 Å². The highest BCUT2D eigenvalue weighted by molar-refractivity contribution is 5.79.